The molecule has 156 valence electrons. The lowest BCUT2D eigenvalue weighted by molar-refractivity contribution is 0.191. The highest BCUT2D eigenvalue weighted by molar-refractivity contribution is 5.74. The van der Waals surface area contributed by atoms with E-state index in [9.17, 15) is 4.79 Å². The summed E-state index contributed by atoms with van der Waals surface area (Å²) >= 11 is 0. The van der Waals surface area contributed by atoms with Crippen LogP contribution in [0.15, 0.2) is 42.5 Å². The Morgan fingerprint density at radius 3 is 2.34 bits per heavy atom. The van der Waals surface area contributed by atoms with Gasteiger partial charge in [-0.2, -0.15) is 0 Å². The molecule has 2 amide bonds. The molecular weight excluding hydrogens is 370 g/mol. The van der Waals surface area contributed by atoms with Crippen LogP contribution in [0.4, 0.5) is 10.5 Å². The minimum Gasteiger partial charge on any atom is -0.497 e. The SMILES string of the molecule is COc1ccc(N2CCN(C(=O)NCCOc3ccc(C)cc3OC)CC2)cc1. The van der Waals surface area contributed by atoms with Crippen molar-refractivity contribution >= 4 is 11.7 Å². The zero-order valence-electron chi connectivity index (χ0n) is 17.3. The Kier molecular flexibility index (Phi) is 7.05. The molecule has 0 radical (unpaired) electrons. The lowest BCUT2D eigenvalue weighted by Crippen LogP contribution is -2.52. The maximum atomic E-state index is 12.4. The molecule has 2 aromatic rings. The van der Waals surface area contributed by atoms with Crippen molar-refractivity contribution in [3.8, 4) is 17.2 Å². The van der Waals surface area contributed by atoms with Gasteiger partial charge in [-0.1, -0.05) is 6.07 Å². The lowest BCUT2D eigenvalue weighted by Gasteiger charge is -2.36. The third-order valence-corrected chi connectivity index (χ3v) is 4.96. The molecule has 7 nitrogen and oxygen atoms in total. The van der Waals surface area contributed by atoms with E-state index in [1.807, 2.05) is 54.3 Å². The van der Waals surface area contributed by atoms with Crippen molar-refractivity contribution in [1.29, 1.82) is 0 Å². The predicted molar refractivity (Wildman–Crippen MR) is 113 cm³/mol. The van der Waals surface area contributed by atoms with Crippen LogP contribution in [0.2, 0.25) is 0 Å². The second kappa shape index (κ2) is 9.91. The number of piperazine rings is 1. The molecule has 0 bridgehead atoms. The van der Waals surface area contributed by atoms with Crippen molar-refractivity contribution in [3.05, 3.63) is 48.0 Å². The largest absolute Gasteiger partial charge is 0.497 e. The minimum atomic E-state index is -0.0566. The number of hydrogen-bond donors (Lipinski definition) is 1. The molecule has 0 spiro atoms. The molecule has 0 unspecified atom stereocenters. The van der Waals surface area contributed by atoms with Crippen LogP contribution in [0.5, 0.6) is 17.2 Å². The quantitative estimate of drug-likeness (QED) is 0.726. The molecule has 0 saturated carbocycles. The summed E-state index contributed by atoms with van der Waals surface area (Å²) < 4.78 is 16.3. The number of urea groups is 1. The maximum absolute atomic E-state index is 12.4. The smallest absolute Gasteiger partial charge is 0.317 e. The average molecular weight is 399 g/mol. The van der Waals surface area contributed by atoms with Gasteiger partial charge in [0.2, 0.25) is 0 Å². The number of amides is 2. The molecule has 0 atom stereocenters. The number of ether oxygens (including phenoxy) is 3. The van der Waals surface area contributed by atoms with Crippen LogP contribution in [0.1, 0.15) is 5.56 Å². The fraction of sp³-hybridized carbons (Fsp3) is 0.409. The fourth-order valence-electron chi connectivity index (χ4n) is 3.29. The third-order valence-electron chi connectivity index (χ3n) is 4.96. The molecule has 2 aromatic carbocycles. The molecule has 1 heterocycles. The number of carbonyl (C=O) groups is 1. The molecule has 7 heteroatoms. The van der Waals surface area contributed by atoms with Crippen molar-refractivity contribution in [1.82, 2.24) is 10.2 Å². The van der Waals surface area contributed by atoms with Crippen molar-refractivity contribution < 1.29 is 19.0 Å². The zero-order chi connectivity index (χ0) is 20.6. The highest BCUT2D eigenvalue weighted by atomic mass is 16.5. The number of carbonyl (C=O) groups excluding carboxylic acids is 1. The number of nitrogens with zero attached hydrogens (tertiary/aromatic N) is 2. The summed E-state index contributed by atoms with van der Waals surface area (Å²) in [4.78, 5) is 16.5. The number of hydrogen-bond acceptors (Lipinski definition) is 5. The van der Waals surface area contributed by atoms with Gasteiger partial charge in [0.25, 0.3) is 0 Å². The Labute approximate surface area is 172 Å². The fourth-order valence-corrected chi connectivity index (χ4v) is 3.29. The number of aryl methyl sites for hydroxylation is 1. The summed E-state index contributed by atoms with van der Waals surface area (Å²) in [7, 11) is 3.28. The summed E-state index contributed by atoms with van der Waals surface area (Å²) in [6.07, 6.45) is 0. The first kappa shape index (κ1) is 20.6. The second-order valence-corrected chi connectivity index (χ2v) is 6.91. The molecule has 1 aliphatic heterocycles. The Morgan fingerprint density at radius 2 is 1.69 bits per heavy atom. The van der Waals surface area contributed by atoms with Gasteiger partial charge < -0.3 is 29.3 Å². The van der Waals surface area contributed by atoms with Crippen molar-refractivity contribution in [2.45, 2.75) is 6.92 Å². The molecule has 1 fully saturated rings. The molecule has 29 heavy (non-hydrogen) atoms. The normalized spacial score (nSPS) is 13.8. The first-order valence-electron chi connectivity index (χ1n) is 9.80. The van der Waals surface area contributed by atoms with Crippen LogP contribution in [0.25, 0.3) is 0 Å². The van der Waals surface area contributed by atoms with Crippen LogP contribution in [0.3, 0.4) is 0 Å². The number of rotatable bonds is 7. The predicted octanol–water partition coefficient (Wildman–Crippen LogP) is 2.92. The van der Waals surface area contributed by atoms with Gasteiger partial charge in [-0.25, -0.2) is 4.79 Å². The highest BCUT2D eigenvalue weighted by Crippen LogP contribution is 2.27. The van der Waals surface area contributed by atoms with Crippen LogP contribution < -0.4 is 24.4 Å². The van der Waals surface area contributed by atoms with Gasteiger partial charge in [0.15, 0.2) is 11.5 Å². The Hall–Kier alpha value is -3.09. The van der Waals surface area contributed by atoms with E-state index in [0.717, 1.165) is 30.1 Å². The van der Waals surface area contributed by atoms with Crippen molar-refractivity contribution in [2.24, 2.45) is 0 Å². The molecule has 3 rings (SSSR count). The Balaban J connectivity index is 1.39. The molecule has 0 aliphatic carbocycles. The van der Waals surface area contributed by atoms with Gasteiger partial charge >= 0.3 is 6.03 Å². The van der Waals surface area contributed by atoms with Crippen molar-refractivity contribution in [2.75, 3.05) is 58.5 Å². The van der Waals surface area contributed by atoms with E-state index in [1.54, 1.807) is 14.2 Å². The third kappa shape index (κ3) is 5.47. The molecular formula is C22H29N3O4. The number of nitrogens with one attached hydrogen (secondary N) is 1. The van der Waals surface area contributed by atoms with E-state index in [2.05, 4.69) is 10.2 Å². The number of benzene rings is 2. The Bertz CT molecular complexity index is 802. The molecule has 0 aromatic heterocycles. The average Bonchev–Trinajstić information content (AvgIpc) is 2.77. The monoisotopic (exact) mass is 399 g/mol. The number of methoxy groups -OCH3 is 2. The van der Waals surface area contributed by atoms with E-state index >= 15 is 0 Å². The summed E-state index contributed by atoms with van der Waals surface area (Å²) in [5, 5.41) is 2.93. The van der Waals surface area contributed by atoms with E-state index in [-0.39, 0.29) is 6.03 Å². The highest BCUT2D eigenvalue weighted by Gasteiger charge is 2.21. The first-order chi connectivity index (χ1) is 14.1. The Morgan fingerprint density at radius 1 is 0.966 bits per heavy atom. The molecule has 1 aliphatic rings. The molecule has 1 saturated heterocycles. The summed E-state index contributed by atoms with van der Waals surface area (Å²) in [6, 6.07) is 13.7. The summed E-state index contributed by atoms with van der Waals surface area (Å²) in [5.74, 6) is 2.23. The topological polar surface area (TPSA) is 63.3 Å². The van der Waals surface area contributed by atoms with E-state index in [1.165, 1.54) is 0 Å². The first-order valence-corrected chi connectivity index (χ1v) is 9.80. The van der Waals surface area contributed by atoms with Gasteiger partial charge in [-0.15, -0.1) is 0 Å². The van der Waals surface area contributed by atoms with Crippen molar-refractivity contribution in [3.63, 3.8) is 0 Å². The second-order valence-electron chi connectivity index (χ2n) is 6.91. The van der Waals surface area contributed by atoms with E-state index in [4.69, 9.17) is 14.2 Å². The lowest BCUT2D eigenvalue weighted by atomic mass is 10.2. The van der Waals surface area contributed by atoms with E-state index < -0.39 is 0 Å². The van der Waals surface area contributed by atoms with Crippen LogP contribution in [-0.2, 0) is 0 Å². The summed E-state index contributed by atoms with van der Waals surface area (Å²) in [6.45, 7) is 5.80. The van der Waals surface area contributed by atoms with Crippen LogP contribution in [0, 0.1) is 6.92 Å². The van der Waals surface area contributed by atoms with Gasteiger partial charge in [-0.3, -0.25) is 0 Å². The maximum Gasteiger partial charge on any atom is 0.317 e. The van der Waals surface area contributed by atoms with Gasteiger partial charge in [0.05, 0.1) is 20.8 Å². The number of anilines is 1. The van der Waals surface area contributed by atoms with Gasteiger partial charge in [-0.05, 0) is 48.9 Å². The van der Waals surface area contributed by atoms with Crippen LogP contribution in [-0.4, -0.2) is 64.5 Å². The summed E-state index contributed by atoms with van der Waals surface area (Å²) in [5.41, 5.74) is 2.25. The van der Waals surface area contributed by atoms with Crippen LogP contribution >= 0.6 is 0 Å². The standard InChI is InChI=1S/C22H29N3O4/c1-17-4-9-20(21(16-17)28-3)29-15-10-23-22(26)25-13-11-24(12-14-25)18-5-7-19(27-2)8-6-18/h4-9,16H,10-15H2,1-3H3,(H,23,26). The minimum absolute atomic E-state index is 0.0566. The van der Waals surface area contributed by atoms with Gasteiger partial charge in [0, 0.05) is 31.9 Å². The zero-order valence-corrected chi connectivity index (χ0v) is 17.3. The van der Waals surface area contributed by atoms with Gasteiger partial charge in [0.1, 0.15) is 12.4 Å². The van der Waals surface area contributed by atoms with E-state index in [0.29, 0.717) is 37.7 Å². The molecule has 1 N–H and O–H groups in total.